The molecule has 2 N–H and O–H groups in total. The van der Waals surface area contributed by atoms with Gasteiger partial charge in [-0.3, -0.25) is 0 Å². The molecule has 0 amide bonds. The Morgan fingerprint density at radius 2 is 2.13 bits per heavy atom. The van der Waals surface area contributed by atoms with Gasteiger partial charge in [-0.05, 0) is 32.7 Å². The first-order chi connectivity index (χ1) is 7.22. The molecule has 0 spiro atoms. The summed E-state index contributed by atoms with van der Waals surface area (Å²) in [6.07, 6.45) is 3.02. The van der Waals surface area contributed by atoms with Crippen molar-refractivity contribution in [2.45, 2.75) is 26.2 Å². The molecule has 15 heavy (non-hydrogen) atoms. The molecule has 1 rings (SSSR count). The summed E-state index contributed by atoms with van der Waals surface area (Å²) in [4.78, 5) is 11.0. The zero-order chi connectivity index (χ0) is 11.1. The van der Waals surface area contributed by atoms with Crippen molar-refractivity contribution in [2.75, 3.05) is 13.2 Å². The summed E-state index contributed by atoms with van der Waals surface area (Å²) in [6.45, 7) is 3.06. The zero-order valence-electron chi connectivity index (χ0n) is 8.99. The van der Waals surface area contributed by atoms with Gasteiger partial charge in [0.05, 0.1) is 12.7 Å². The molecule has 4 heteroatoms. The summed E-state index contributed by atoms with van der Waals surface area (Å²) >= 11 is 0. The third-order valence-electron chi connectivity index (χ3n) is 1.98. The highest BCUT2D eigenvalue weighted by molar-refractivity contribution is 5.19. The normalized spacial score (nSPS) is 10.3. The van der Waals surface area contributed by atoms with Crippen LogP contribution in [-0.2, 0) is 0 Å². The van der Waals surface area contributed by atoms with E-state index in [1.54, 1.807) is 13.0 Å². The maximum absolute atomic E-state index is 11.0. The molecule has 0 fully saturated rings. The Balaban J connectivity index is 2.34. The van der Waals surface area contributed by atoms with Crippen LogP contribution in [0.1, 0.15) is 25.0 Å². The summed E-state index contributed by atoms with van der Waals surface area (Å²) in [5, 5.41) is 0. The van der Waals surface area contributed by atoms with Gasteiger partial charge in [0.1, 0.15) is 11.5 Å². The van der Waals surface area contributed by atoms with Crippen LogP contribution < -0.4 is 16.1 Å². The van der Waals surface area contributed by atoms with Crippen LogP contribution in [-0.4, -0.2) is 13.2 Å². The number of hydrogen-bond acceptors (Lipinski definition) is 4. The number of ether oxygens (including phenoxy) is 1. The topological polar surface area (TPSA) is 65.5 Å². The maximum Gasteiger partial charge on any atom is 0.339 e. The minimum absolute atomic E-state index is 0.369. The van der Waals surface area contributed by atoms with Crippen molar-refractivity contribution in [1.29, 1.82) is 0 Å². The zero-order valence-corrected chi connectivity index (χ0v) is 8.99. The standard InChI is InChI=1S/C11H17NO3/c1-9-7-10(8-11(13)15-9)14-6-4-2-3-5-12/h7-8H,2-6,12H2,1H3. The van der Waals surface area contributed by atoms with E-state index in [4.69, 9.17) is 14.9 Å². The van der Waals surface area contributed by atoms with Gasteiger partial charge >= 0.3 is 5.63 Å². The molecule has 0 bridgehead atoms. The molecular formula is C11H17NO3. The van der Waals surface area contributed by atoms with E-state index >= 15 is 0 Å². The van der Waals surface area contributed by atoms with E-state index < -0.39 is 0 Å². The lowest BCUT2D eigenvalue weighted by molar-refractivity contribution is 0.300. The van der Waals surface area contributed by atoms with E-state index in [1.165, 1.54) is 6.07 Å². The lowest BCUT2D eigenvalue weighted by atomic mass is 10.2. The molecule has 84 valence electrons. The van der Waals surface area contributed by atoms with Gasteiger partial charge in [0.2, 0.25) is 0 Å². The second-order valence-corrected chi connectivity index (χ2v) is 3.42. The fourth-order valence-electron chi connectivity index (χ4n) is 1.27. The Bertz CT molecular complexity index is 346. The van der Waals surface area contributed by atoms with E-state index in [0.717, 1.165) is 19.3 Å². The summed E-state index contributed by atoms with van der Waals surface area (Å²) in [5.41, 5.74) is 5.00. The van der Waals surface area contributed by atoms with E-state index in [2.05, 4.69) is 0 Å². The average molecular weight is 211 g/mol. The van der Waals surface area contributed by atoms with Gasteiger partial charge in [-0.1, -0.05) is 0 Å². The highest BCUT2D eigenvalue weighted by atomic mass is 16.5. The fourth-order valence-corrected chi connectivity index (χ4v) is 1.27. The van der Waals surface area contributed by atoms with Gasteiger partial charge in [-0.15, -0.1) is 0 Å². The van der Waals surface area contributed by atoms with Crippen LogP contribution in [0.15, 0.2) is 21.3 Å². The predicted molar refractivity (Wildman–Crippen MR) is 58.1 cm³/mol. The Kier molecular flexibility index (Phi) is 4.90. The monoisotopic (exact) mass is 211 g/mol. The lowest BCUT2D eigenvalue weighted by Gasteiger charge is -2.05. The summed E-state index contributed by atoms with van der Waals surface area (Å²) in [6, 6.07) is 3.07. The first-order valence-electron chi connectivity index (χ1n) is 5.17. The van der Waals surface area contributed by atoms with Crippen molar-refractivity contribution < 1.29 is 9.15 Å². The fraction of sp³-hybridized carbons (Fsp3) is 0.545. The second kappa shape index (κ2) is 6.24. The Morgan fingerprint density at radius 1 is 1.33 bits per heavy atom. The third kappa shape index (κ3) is 4.65. The first kappa shape index (κ1) is 11.8. The number of hydrogen-bond donors (Lipinski definition) is 1. The van der Waals surface area contributed by atoms with Gasteiger partial charge in [-0.25, -0.2) is 4.79 Å². The summed E-state index contributed by atoms with van der Waals surface area (Å²) in [5.74, 6) is 1.15. The van der Waals surface area contributed by atoms with Crippen LogP contribution in [0.2, 0.25) is 0 Å². The van der Waals surface area contributed by atoms with Crippen LogP contribution in [0, 0.1) is 6.92 Å². The molecule has 0 radical (unpaired) electrons. The third-order valence-corrected chi connectivity index (χ3v) is 1.98. The van der Waals surface area contributed by atoms with Crippen LogP contribution >= 0.6 is 0 Å². The second-order valence-electron chi connectivity index (χ2n) is 3.42. The van der Waals surface area contributed by atoms with Crippen LogP contribution in [0.3, 0.4) is 0 Å². The van der Waals surface area contributed by atoms with Crippen LogP contribution in [0.25, 0.3) is 0 Å². The van der Waals surface area contributed by atoms with Crippen LogP contribution in [0.5, 0.6) is 5.75 Å². The lowest BCUT2D eigenvalue weighted by Crippen LogP contribution is -2.04. The van der Waals surface area contributed by atoms with E-state index in [9.17, 15) is 4.79 Å². The molecule has 0 saturated heterocycles. The molecule has 0 aliphatic carbocycles. The number of nitrogens with two attached hydrogens (primary N) is 1. The summed E-state index contributed by atoms with van der Waals surface area (Å²) in [7, 11) is 0. The molecule has 4 nitrogen and oxygen atoms in total. The molecule has 0 aliphatic heterocycles. The number of rotatable bonds is 6. The average Bonchev–Trinajstić information content (AvgIpc) is 2.16. The van der Waals surface area contributed by atoms with E-state index in [-0.39, 0.29) is 5.63 Å². The molecule has 0 atom stereocenters. The number of unbranched alkanes of at least 4 members (excludes halogenated alkanes) is 2. The summed E-state index contributed by atoms with van der Waals surface area (Å²) < 4.78 is 10.2. The quantitative estimate of drug-likeness (QED) is 0.723. The molecule has 0 unspecified atom stereocenters. The van der Waals surface area contributed by atoms with Crippen LogP contribution in [0.4, 0.5) is 0 Å². The highest BCUT2D eigenvalue weighted by Gasteiger charge is 1.98. The van der Waals surface area contributed by atoms with E-state index in [0.29, 0.717) is 24.7 Å². The minimum Gasteiger partial charge on any atom is -0.493 e. The SMILES string of the molecule is Cc1cc(OCCCCCN)cc(=O)o1. The van der Waals surface area contributed by atoms with Gasteiger partial charge in [-0.2, -0.15) is 0 Å². The predicted octanol–water partition coefficient (Wildman–Crippen LogP) is 1.46. The Labute approximate surface area is 89.0 Å². The highest BCUT2D eigenvalue weighted by Crippen LogP contribution is 2.09. The Hall–Kier alpha value is -1.29. The van der Waals surface area contributed by atoms with Crippen molar-refractivity contribution in [3.05, 3.63) is 28.3 Å². The van der Waals surface area contributed by atoms with Gasteiger partial charge in [0.15, 0.2) is 0 Å². The van der Waals surface area contributed by atoms with Gasteiger partial charge in [0.25, 0.3) is 0 Å². The molecule has 1 aromatic rings. The molecular weight excluding hydrogens is 194 g/mol. The molecule has 0 aliphatic rings. The van der Waals surface area contributed by atoms with Crippen molar-refractivity contribution >= 4 is 0 Å². The largest absolute Gasteiger partial charge is 0.493 e. The van der Waals surface area contributed by atoms with E-state index in [1.807, 2.05) is 0 Å². The maximum atomic E-state index is 11.0. The molecule has 0 saturated carbocycles. The number of aryl methyl sites for hydroxylation is 1. The van der Waals surface area contributed by atoms with Gasteiger partial charge in [0, 0.05) is 6.07 Å². The van der Waals surface area contributed by atoms with Crippen molar-refractivity contribution in [3.63, 3.8) is 0 Å². The van der Waals surface area contributed by atoms with Gasteiger partial charge < -0.3 is 14.9 Å². The van der Waals surface area contributed by atoms with Crippen molar-refractivity contribution in [3.8, 4) is 5.75 Å². The molecule has 0 aromatic carbocycles. The minimum atomic E-state index is -0.369. The first-order valence-corrected chi connectivity index (χ1v) is 5.17. The smallest absolute Gasteiger partial charge is 0.339 e. The molecule has 1 aromatic heterocycles. The van der Waals surface area contributed by atoms with Crippen molar-refractivity contribution in [1.82, 2.24) is 0 Å². The molecule has 1 heterocycles. The van der Waals surface area contributed by atoms with Crippen molar-refractivity contribution in [2.24, 2.45) is 5.73 Å². The Morgan fingerprint density at radius 3 is 2.80 bits per heavy atom.